The Kier molecular flexibility index (Phi) is 6.91. The summed E-state index contributed by atoms with van der Waals surface area (Å²) in [4.78, 5) is 27.6. The van der Waals surface area contributed by atoms with Crippen LogP contribution in [0.4, 0.5) is 0 Å². The van der Waals surface area contributed by atoms with Gasteiger partial charge in [0.15, 0.2) is 0 Å². The van der Waals surface area contributed by atoms with Crippen LogP contribution < -0.4 is 5.32 Å². The summed E-state index contributed by atoms with van der Waals surface area (Å²) in [6.45, 7) is 0. The number of aryl methyl sites for hydroxylation is 1. The summed E-state index contributed by atoms with van der Waals surface area (Å²) < 4.78 is 5.20. The maximum absolute atomic E-state index is 12.4. The molecule has 0 spiro atoms. The first-order valence-corrected chi connectivity index (χ1v) is 9.94. The van der Waals surface area contributed by atoms with Crippen molar-refractivity contribution in [3.05, 3.63) is 58.6 Å². The number of amides is 1. The lowest BCUT2D eigenvalue weighted by Crippen LogP contribution is -2.37. The van der Waals surface area contributed by atoms with Gasteiger partial charge in [-0.15, -0.1) is 0 Å². The van der Waals surface area contributed by atoms with Gasteiger partial charge in [0.2, 0.25) is 17.6 Å². The van der Waals surface area contributed by atoms with Gasteiger partial charge < -0.3 is 14.9 Å². The molecule has 0 aliphatic heterocycles. The van der Waals surface area contributed by atoms with Crippen molar-refractivity contribution in [2.45, 2.75) is 38.1 Å². The van der Waals surface area contributed by atoms with Crippen LogP contribution in [0.5, 0.6) is 0 Å². The predicted octanol–water partition coefficient (Wildman–Crippen LogP) is 3.32. The molecule has 1 unspecified atom stereocenters. The number of thiophene rings is 1. The molecular weight excluding hydrogens is 378 g/mol. The number of carbonyl (C=O) groups is 2. The Bertz CT molecular complexity index is 893. The van der Waals surface area contributed by atoms with Gasteiger partial charge in [-0.25, -0.2) is 0 Å². The van der Waals surface area contributed by atoms with Crippen LogP contribution >= 0.6 is 11.3 Å². The molecule has 28 heavy (non-hydrogen) atoms. The van der Waals surface area contributed by atoms with E-state index in [0.29, 0.717) is 31.0 Å². The number of rotatable bonds is 10. The Labute approximate surface area is 166 Å². The van der Waals surface area contributed by atoms with Gasteiger partial charge >= 0.3 is 5.97 Å². The first-order chi connectivity index (χ1) is 13.6. The van der Waals surface area contributed by atoms with Gasteiger partial charge in [0.1, 0.15) is 0 Å². The molecule has 2 heterocycles. The molecule has 0 bridgehead atoms. The molecule has 0 aliphatic rings. The van der Waals surface area contributed by atoms with Crippen molar-refractivity contribution in [1.82, 2.24) is 15.5 Å². The Morgan fingerprint density at radius 1 is 1.18 bits per heavy atom. The number of carbonyl (C=O) groups excluding carboxylic acids is 1. The monoisotopic (exact) mass is 399 g/mol. The molecule has 3 rings (SSSR count). The molecule has 0 aliphatic carbocycles. The first kappa shape index (κ1) is 19.8. The second-order valence-electron chi connectivity index (χ2n) is 6.41. The van der Waals surface area contributed by atoms with E-state index in [-0.39, 0.29) is 24.8 Å². The highest BCUT2D eigenvalue weighted by atomic mass is 32.1. The van der Waals surface area contributed by atoms with Crippen molar-refractivity contribution in [3.8, 4) is 11.4 Å². The zero-order chi connectivity index (χ0) is 19.8. The summed E-state index contributed by atoms with van der Waals surface area (Å²) >= 11 is 1.55. The third-order valence-electron chi connectivity index (χ3n) is 4.21. The number of hydrogen-bond acceptors (Lipinski definition) is 6. The Morgan fingerprint density at radius 2 is 2.00 bits per heavy atom. The summed E-state index contributed by atoms with van der Waals surface area (Å²) in [5.41, 5.74) is 1.94. The zero-order valence-electron chi connectivity index (χ0n) is 15.2. The fourth-order valence-corrected chi connectivity index (χ4v) is 3.44. The molecule has 1 atom stereocenters. The summed E-state index contributed by atoms with van der Waals surface area (Å²) in [6, 6.07) is 11.4. The molecule has 3 aromatic rings. The van der Waals surface area contributed by atoms with Gasteiger partial charge in [0.25, 0.3) is 0 Å². The summed E-state index contributed by atoms with van der Waals surface area (Å²) in [6.07, 6.45) is 1.50. The highest BCUT2D eigenvalue weighted by Gasteiger charge is 2.16. The largest absolute Gasteiger partial charge is 0.481 e. The van der Waals surface area contributed by atoms with Crippen LogP contribution in [-0.4, -0.2) is 33.2 Å². The number of hydrogen-bond donors (Lipinski definition) is 2. The first-order valence-electron chi connectivity index (χ1n) is 9.00. The quantitative estimate of drug-likeness (QED) is 0.542. The van der Waals surface area contributed by atoms with Gasteiger partial charge in [0, 0.05) is 36.2 Å². The van der Waals surface area contributed by atoms with E-state index in [1.807, 2.05) is 47.2 Å². The highest BCUT2D eigenvalue weighted by molar-refractivity contribution is 7.08. The van der Waals surface area contributed by atoms with Crippen molar-refractivity contribution >= 4 is 23.2 Å². The number of nitrogens with one attached hydrogen (secondary N) is 1. The van der Waals surface area contributed by atoms with E-state index in [2.05, 4.69) is 15.5 Å². The van der Waals surface area contributed by atoms with Gasteiger partial charge in [-0.1, -0.05) is 35.5 Å². The van der Waals surface area contributed by atoms with Crippen LogP contribution in [0.25, 0.3) is 11.4 Å². The van der Waals surface area contributed by atoms with Crippen molar-refractivity contribution < 1.29 is 19.2 Å². The Hall–Kier alpha value is -3.00. The fraction of sp³-hybridized carbons (Fsp3) is 0.300. The predicted molar refractivity (Wildman–Crippen MR) is 105 cm³/mol. The topological polar surface area (TPSA) is 105 Å². The SMILES string of the molecule is O=C(O)CCC(Cc1ccccc1)NC(=O)CCc1nc(-c2ccsc2)no1. The van der Waals surface area contributed by atoms with E-state index in [0.717, 1.165) is 11.1 Å². The second-order valence-corrected chi connectivity index (χ2v) is 7.19. The van der Waals surface area contributed by atoms with Crippen LogP contribution in [0.15, 0.2) is 51.7 Å². The number of nitrogens with zero attached hydrogens (tertiary/aromatic N) is 2. The lowest BCUT2D eigenvalue weighted by Gasteiger charge is -2.18. The molecule has 7 nitrogen and oxygen atoms in total. The van der Waals surface area contributed by atoms with E-state index < -0.39 is 5.97 Å². The normalized spacial score (nSPS) is 11.9. The molecule has 2 aromatic heterocycles. The number of benzene rings is 1. The van der Waals surface area contributed by atoms with E-state index in [4.69, 9.17) is 9.63 Å². The molecule has 146 valence electrons. The van der Waals surface area contributed by atoms with Crippen LogP contribution in [0.3, 0.4) is 0 Å². The molecule has 0 saturated heterocycles. The van der Waals surface area contributed by atoms with Crippen molar-refractivity contribution in [2.75, 3.05) is 0 Å². The molecule has 0 saturated carbocycles. The Morgan fingerprint density at radius 3 is 2.71 bits per heavy atom. The summed E-state index contributed by atoms with van der Waals surface area (Å²) in [5, 5.41) is 19.7. The van der Waals surface area contributed by atoms with Crippen LogP contribution in [0.1, 0.15) is 30.7 Å². The average Bonchev–Trinajstić information content (AvgIpc) is 3.37. The number of aliphatic carboxylic acids is 1. The van der Waals surface area contributed by atoms with Crippen LogP contribution in [0.2, 0.25) is 0 Å². The lowest BCUT2D eigenvalue weighted by atomic mass is 10.0. The second kappa shape index (κ2) is 9.80. The standard InChI is InChI=1S/C20H21N3O4S/c24-17(7-8-18-22-20(23-27-18)15-10-11-28-13-15)21-16(6-9-19(25)26)12-14-4-2-1-3-5-14/h1-5,10-11,13,16H,6-9,12H2,(H,21,24)(H,25,26). The lowest BCUT2D eigenvalue weighted by molar-refractivity contribution is -0.137. The van der Waals surface area contributed by atoms with Crippen LogP contribution in [0, 0.1) is 0 Å². The minimum atomic E-state index is -0.876. The Balaban J connectivity index is 1.53. The van der Waals surface area contributed by atoms with Crippen molar-refractivity contribution in [2.24, 2.45) is 0 Å². The maximum atomic E-state index is 12.4. The zero-order valence-corrected chi connectivity index (χ0v) is 16.0. The molecule has 1 amide bonds. The molecule has 2 N–H and O–H groups in total. The van der Waals surface area contributed by atoms with Gasteiger partial charge in [0.05, 0.1) is 0 Å². The molecule has 0 radical (unpaired) electrons. The molecular formula is C20H21N3O4S. The highest BCUT2D eigenvalue weighted by Crippen LogP contribution is 2.19. The smallest absolute Gasteiger partial charge is 0.303 e. The molecule has 1 aromatic carbocycles. The average molecular weight is 399 g/mol. The number of carboxylic acids is 1. The third kappa shape index (κ3) is 6.02. The molecule has 0 fully saturated rings. The van der Waals surface area contributed by atoms with Gasteiger partial charge in [-0.05, 0) is 29.9 Å². The van der Waals surface area contributed by atoms with Gasteiger partial charge in [-0.2, -0.15) is 16.3 Å². The van der Waals surface area contributed by atoms with Crippen molar-refractivity contribution in [3.63, 3.8) is 0 Å². The van der Waals surface area contributed by atoms with Crippen LogP contribution in [-0.2, 0) is 22.4 Å². The fourth-order valence-electron chi connectivity index (χ4n) is 2.81. The number of aromatic nitrogens is 2. The number of carboxylic acid groups (broad SMARTS) is 1. The van der Waals surface area contributed by atoms with Crippen molar-refractivity contribution in [1.29, 1.82) is 0 Å². The van der Waals surface area contributed by atoms with E-state index in [1.54, 1.807) is 11.3 Å². The minimum Gasteiger partial charge on any atom is -0.481 e. The van der Waals surface area contributed by atoms with E-state index >= 15 is 0 Å². The maximum Gasteiger partial charge on any atom is 0.303 e. The third-order valence-corrected chi connectivity index (χ3v) is 4.89. The summed E-state index contributed by atoms with van der Waals surface area (Å²) in [5.74, 6) is -0.123. The van der Waals surface area contributed by atoms with Gasteiger partial charge in [-0.3, -0.25) is 9.59 Å². The minimum absolute atomic E-state index is 0.00540. The van der Waals surface area contributed by atoms with E-state index in [1.165, 1.54) is 0 Å². The molecule has 8 heteroatoms. The summed E-state index contributed by atoms with van der Waals surface area (Å²) in [7, 11) is 0. The van der Waals surface area contributed by atoms with E-state index in [9.17, 15) is 9.59 Å².